The number of pyridine rings is 1. The predicted octanol–water partition coefficient (Wildman–Crippen LogP) is 3.91. The minimum atomic E-state index is -0.461. The second kappa shape index (κ2) is 7.93. The molecule has 1 saturated heterocycles. The van der Waals surface area contributed by atoms with Crippen LogP contribution in [0.15, 0.2) is 18.3 Å². The van der Waals surface area contributed by atoms with E-state index in [2.05, 4.69) is 15.0 Å². The molecule has 0 aromatic carbocycles. The van der Waals surface area contributed by atoms with Gasteiger partial charge in [0.1, 0.15) is 5.60 Å². The molecule has 1 aliphatic heterocycles. The predicted molar refractivity (Wildman–Crippen MR) is 99.2 cm³/mol. The summed E-state index contributed by atoms with van der Waals surface area (Å²) in [6.45, 7) is 7.04. The summed E-state index contributed by atoms with van der Waals surface area (Å²) >= 11 is 0. The molecule has 1 amide bonds. The number of nitrogens with one attached hydrogen (secondary N) is 1. The van der Waals surface area contributed by atoms with Crippen LogP contribution in [0.5, 0.6) is 6.01 Å². The molecule has 0 radical (unpaired) electrons. The maximum Gasteiger partial charge on any atom is 0.410 e. The van der Waals surface area contributed by atoms with Crippen LogP contribution in [0.2, 0.25) is 0 Å². The van der Waals surface area contributed by atoms with E-state index in [1.807, 2.05) is 37.8 Å². The number of ether oxygens (including phenoxy) is 2. The van der Waals surface area contributed by atoms with Crippen LogP contribution in [-0.2, 0) is 4.74 Å². The van der Waals surface area contributed by atoms with Crippen molar-refractivity contribution in [1.29, 1.82) is 0 Å². The van der Waals surface area contributed by atoms with E-state index in [0.29, 0.717) is 18.3 Å². The van der Waals surface area contributed by atoms with Crippen molar-refractivity contribution in [3.8, 4) is 6.01 Å². The van der Waals surface area contributed by atoms with Crippen molar-refractivity contribution in [2.24, 2.45) is 0 Å². The van der Waals surface area contributed by atoms with Gasteiger partial charge in [0.05, 0.1) is 12.1 Å². The molecule has 3 heterocycles. The number of aromatic amines is 1. The number of carbonyl (C=O) groups excluding carboxylic acids is 1. The fourth-order valence-corrected chi connectivity index (χ4v) is 3.24. The highest BCUT2D eigenvalue weighted by Crippen LogP contribution is 2.23. The molecule has 1 fully saturated rings. The van der Waals surface area contributed by atoms with Crippen LogP contribution in [0, 0.1) is 0 Å². The van der Waals surface area contributed by atoms with Crippen LogP contribution in [0.25, 0.3) is 11.2 Å². The van der Waals surface area contributed by atoms with Crippen molar-refractivity contribution in [2.75, 3.05) is 13.2 Å². The molecule has 0 saturated carbocycles. The molecule has 1 atom stereocenters. The molecule has 1 aliphatic rings. The summed E-state index contributed by atoms with van der Waals surface area (Å²) in [5, 5.41) is 0. The first kappa shape index (κ1) is 18.5. The van der Waals surface area contributed by atoms with Gasteiger partial charge in [-0.1, -0.05) is 0 Å². The Kier molecular flexibility index (Phi) is 5.64. The first-order valence-electron chi connectivity index (χ1n) is 9.35. The van der Waals surface area contributed by atoms with Crippen molar-refractivity contribution in [2.45, 2.75) is 64.5 Å². The number of nitrogens with zero attached hydrogens (tertiary/aromatic N) is 3. The molecule has 2 aromatic rings. The van der Waals surface area contributed by atoms with Gasteiger partial charge in [0.25, 0.3) is 6.01 Å². The lowest BCUT2D eigenvalue weighted by Crippen LogP contribution is -2.46. The number of carbonyl (C=O) groups is 1. The molecule has 26 heavy (non-hydrogen) atoms. The molecule has 0 bridgehead atoms. The zero-order chi connectivity index (χ0) is 18.6. The second-order valence-corrected chi connectivity index (χ2v) is 7.73. The van der Waals surface area contributed by atoms with Crippen molar-refractivity contribution >= 4 is 17.3 Å². The lowest BCUT2D eigenvalue weighted by atomic mass is 9.98. The molecule has 142 valence electrons. The van der Waals surface area contributed by atoms with Crippen molar-refractivity contribution in [3.63, 3.8) is 0 Å². The minimum absolute atomic E-state index is 0.202. The highest BCUT2D eigenvalue weighted by molar-refractivity contribution is 5.70. The van der Waals surface area contributed by atoms with E-state index in [4.69, 9.17) is 9.47 Å². The maximum atomic E-state index is 12.4. The zero-order valence-electron chi connectivity index (χ0n) is 15.8. The largest absolute Gasteiger partial charge is 0.465 e. The van der Waals surface area contributed by atoms with Gasteiger partial charge >= 0.3 is 6.09 Å². The van der Waals surface area contributed by atoms with Gasteiger partial charge in [-0.2, -0.15) is 4.98 Å². The molecule has 0 spiro atoms. The maximum absolute atomic E-state index is 12.4. The number of H-pyrrole nitrogens is 1. The first-order valence-corrected chi connectivity index (χ1v) is 9.35. The van der Waals surface area contributed by atoms with Gasteiger partial charge in [-0.25, -0.2) is 9.78 Å². The number of rotatable bonds is 5. The fourth-order valence-electron chi connectivity index (χ4n) is 3.24. The van der Waals surface area contributed by atoms with Gasteiger partial charge in [-0.15, -0.1) is 0 Å². The van der Waals surface area contributed by atoms with Crippen molar-refractivity contribution < 1.29 is 14.3 Å². The smallest absolute Gasteiger partial charge is 0.410 e. The zero-order valence-corrected chi connectivity index (χ0v) is 15.8. The van der Waals surface area contributed by atoms with E-state index in [1.165, 1.54) is 0 Å². The fraction of sp³-hybridized carbons (Fsp3) is 0.632. The normalized spacial score (nSPS) is 18.1. The van der Waals surface area contributed by atoms with E-state index in [0.717, 1.165) is 44.2 Å². The molecule has 2 aromatic heterocycles. The summed E-state index contributed by atoms with van der Waals surface area (Å²) in [5.41, 5.74) is 1.06. The lowest BCUT2D eigenvalue weighted by molar-refractivity contribution is 0.00820. The molecular formula is C19H28N4O3. The number of hydrogen-bond acceptors (Lipinski definition) is 5. The van der Waals surface area contributed by atoms with Crippen LogP contribution in [0.1, 0.15) is 52.9 Å². The summed E-state index contributed by atoms with van der Waals surface area (Å²) in [5.74, 6) is 0. The third-order valence-electron chi connectivity index (χ3n) is 4.41. The Hall–Kier alpha value is -2.31. The first-order chi connectivity index (χ1) is 12.4. The average molecular weight is 360 g/mol. The van der Waals surface area contributed by atoms with Crippen LogP contribution in [0.4, 0.5) is 4.79 Å². The number of hydrogen-bond donors (Lipinski definition) is 1. The molecule has 1 N–H and O–H groups in total. The molecule has 7 nitrogen and oxygen atoms in total. The van der Waals surface area contributed by atoms with Gasteiger partial charge in [0.2, 0.25) is 0 Å². The summed E-state index contributed by atoms with van der Waals surface area (Å²) in [6.07, 6.45) is 6.48. The van der Waals surface area contributed by atoms with Crippen LogP contribution in [-0.4, -0.2) is 50.7 Å². The van der Waals surface area contributed by atoms with Gasteiger partial charge in [-0.3, -0.25) is 0 Å². The monoisotopic (exact) mass is 360 g/mol. The number of aromatic nitrogens is 3. The Bertz CT molecular complexity index is 705. The molecule has 7 heteroatoms. The Balaban J connectivity index is 1.48. The summed E-state index contributed by atoms with van der Waals surface area (Å²) in [6, 6.07) is 4.49. The molecule has 0 unspecified atom stereocenters. The quantitative estimate of drug-likeness (QED) is 0.818. The molecular weight excluding hydrogens is 332 g/mol. The number of amides is 1. The van der Waals surface area contributed by atoms with Gasteiger partial charge < -0.3 is 19.4 Å². The number of piperidine rings is 1. The van der Waals surface area contributed by atoms with E-state index in [9.17, 15) is 4.79 Å². The van der Waals surface area contributed by atoms with E-state index in [1.54, 1.807) is 6.20 Å². The Labute approximate surface area is 154 Å². The van der Waals surface area contributed by atoms with Gasteiger partial charge in [0, 0.05) is 18.8 Å². The number of imidazole rings is 1. The molecule has 0 aliphatic carbocycles. The van der Waals surface area contributed by atoms with Crippen molar-refractivity contribution in [3.05, 3.63) is 18.3 Å². The second-order valence-electron chi connectivity index (χ2n) is 7.73. The SMILES string of the molecule is CC(C)(C)OC(=O)N1CCCC[C@H]1CCCOc1nc2ncccc2[nH]1. The number of likely N-dealkylation sites (tertiary alicyclic amines) is 1. The van der Waals surface area contributed by atoms with Crippen LogP contribution < -0.4 is 4.74 Å². The highest BCUT2D eigenvalue weighted by Gasteiger charge is 2.30. The molecule has 3 rings (SSSR count). The Morgan fingerprint density at radius 2 is 2.23 bits per heavy atom. The van der Waals surface area contributed by atoms with Crippen molar-refractivity contribution in [1.82, 2.24) is 19.9 Å². The van der Waals surface area contributed by atoms with Gasteiger partial charge in [-0.05, 0) is 65.0 Å². The Morgan fingerprint density at radius 1 is 1.38 bits per heavy atom. The number of fused-ring (bicyclic) bond motifs is 1. The summed E-state index contributed by atoms with van der Waals surface area (Å²) < 4.78 is 11.3. The third-order valence-corrected chi connectivity index (χ3v) is 4.41. The van der Waals surface area contributed by atoms with E-state index in [-0.39, 0.29) is 12.1 Å². The minimum Gasteiger partial charge on any atom is -0.465 e. The van der Waals surface area contributed by atoms with Crippen LogP contribution in [0.3, 0.4) is 0 Å². The average Bonchev–Trinajstić information content (AvgIpc) is 3.00. The summed E-state index contributed by atoms with van der Waals surface area (Å²) in [4.78, 5) is 25.9. The summed E-state index contributed by atoms with van der Waals surface area (Å²) in [7, 11) is 0. The van der Waals surface area contributed by atoms with E-state index >= 15 is 0 Å². The third kappa shape index (κ3) is 4.86. The topological polar surface area (TPSA) is 80.3 Å². The van der Waals surface area contributed by atoms with Gasteiger partial charge in [0.15, 0.2) is 5.65 Å². The highest BCUT2D eigenvalue weighted by atomic mass is 16.6. The van der Waals surface area contributed by atoms with E-state index < -0.39 is 5.60 Å². The standard InChI is InChI=1S/C19H28N4O3/c1-19(2,3)26-18(24)23-12-5-4-8-14(23)9-7-13-25-17-21-15-10-6-11-20-16(15)22-17/h6,10-11,14H,4-5,7-9,12-13H2,1-3H3,(H,20,21,22)/t14-/m0/s1. The lowest BCUT2D eigenvalue weighted by Gasteiger charge is -2.36. The van der Waals surface area contributed by atoms with Crippen LogP contribution >= 0.6 is 0 Å². The Morgan fingerprint density at radius 3 is 3.00 bits per heavy atom.